The summed E-state index contributed by atoms with van der Waals surface area (Å²) in [4.78, 5) is 8.63. The first-order chi connectivity index (χ1) is 9.56. The zero-order valence-electron chi connectivity index (χ0n) is 12.3. The molecule has 0 aliphatic rings. The molecule has 0 saturated heterocycles. The molecule has 0 fully saturated rings. The highest BCUT2D eigenvalue weighted by atomic mass is 16.5. The molecule has 0 bridgehead atoms. The molecule has 114 valence electrons. The highest BCUT2D eigenvalue weighted by molar-refractivity contribution is 5.49. The number of rotatable bonds is 9. The van der Waals surface area contributed by atoms with E-state index in [0.717, 1.165) is 13.0 Å². The van der Waals surface area contributed by atoms with Gasteiger partial charge in [-0.2, -0.15) is 0 Å². The van der Waals surface area contributed by atoms with Gasteiger partial charge in [-0.1, -0.05) is 6.92 Å². The van der Waals surface area contributed by atoms with Gasteiger partial charge in [0.2, 0.25) is 0 Å². The van der Waals surface area contributed by atoms with Crippen LogP contribution in [-0.2, 0) is 11.3 Å². The third-order valence-electron chi connectivity index (χ3n) is 2.73. The molecular formula is C13H24N4O3. The molecule has 0 aromatic carbocycles. The first-order valence-corrected chi connectivity index (χ1v) is 6.67. The van der Waals surface area contributed by atoms with Crippen molar-refractivity contribution in [3.63, 3.8) is 0 Å². The maximum Gasteiger partial charge on any atom is 0.158 e. The summed E-state index contributed by atoms with van der Waals surface area (Å²) in [7, 11) is 1.58. The van der Waals surface area contributed by atoms with E-state index in [1.165, 1.54) is 0 Å². The number of nitrogens with one attached hydrogen (secondary N) is 2. The van der Waals surface area contributed by atoms with E-state index in [4.69, 9.17) is 4.74 Å². The molecule has 7 nitrogen and oxygen atoms in total. The summed E-state index contributed by atoms with van der Waals surface area (Å²) in [6, 6.07) is 1.75. The number of anilines is 2. The lowest BCUT2D eigenvalue weighted by Crippen LogP contribution is -2.42. The first kappa shape index (κ1) is 16.6. The van der Waals surface area contributed by atoms with Crippen molar-refractivity contribution in [2.75, 3.05) is 37.5 Å². The van der Waals surface area contributed by atoms with Gasteiger partial charge in [0.15, 0.2) is 5.82 Å². The maximum atomic E-state index is 9.32. The van der Waals surface area contributed by atoms with Crippen LogP contribution in [0.5, 0.6) is 0 Å². The van der Waals surface area contributed by atoms with Gasteiger partial charge >= 0.3 is 0 Å². The second-order valence-corrected chi connectivity index (χ2v) is 4.92. The molecule has 0 aliphatic carbocycles. The molecule has 0 unspecified atom stereocenters. The highest BCUT2D eigenvalue weighted by Crippen LogP contribution is 2.17. The molecular weight excluding hydrogens is 260 g/mol. The Morgan fingerprint density at radius 2 is 1.90 bits per heavy atom. The smallest absolute Gasteiger partial charge is 0.158 e. The Hall–Kier alpha value is -1.44. The van der Waals surface area contributed by atoms with Crippen LogP contribution in [0.1, 0.15) is 26.1 Å². The number of ether oxygens (including phenoxy) is 1. The van der Waals surface area contributed by atoms with Crippen molar-refractivity contribution in [2.24, 2.45) is 0 Å². The van der Waals surface area contributed by atoms with E-state index >= 15 is 0 Å². The Balaban J connectivity index is 2.95. The van der Waals surface area contributed by atoms with Crippen LogP contribution in [0.25, 0.3) is 0 Å². The quantitative estimate of drug-likeness (QED) is 0.527. The van der Waals surface area contributed by atoms with Crippen LogP contribution in [0, 0.1) is 0 Å². The molecule has 1 heterocycles. The summed E-state index contributed by atoms with van der Waals surface area (Å²) < 4.78 is 5.05. The molecule has 7 heteroatoms. The third kappa shape index (κ3) is 4.92. The van der Waals surface area contributed by atoms with Gasteiger partial charge in [0, 0.05) is 19.7 Å². The van der Waals surface area contributed by atoms with Crippen LogP contribution in [0.2, 0.25) is 0 Å². The van der Waals surface area contributed by atoms with Gasteiger partial charge < -0.3 is 25.6 Å². The predicted octanol–water partition coefficient (Wildman–Crippen LogP) is 0.600. The molecule has 0 saturated carbocycles. The predicted molar refractivity (Wildman–Crippen MR) is 77.7 cm³/mol. The number of nitrogens with zero attached hydrogens (tertiary/aromatic N) is 2. The summed E-state index contributed by atoms with van der Waals surface area (Å²) in [5.74, 6) is 1.76. The van der Waals surface area contributed by atoms with E-state index < -0.39 is 5.54 Å². The molecule has 0 aliphatic heterocycles. The zero-order chi connectivity index (χ0) is 15.0. The van der Waals surface area contributed by atoms with Gasteiger partial charge in [0.05, 0.1) is 18.8 Å². The number of aromatic nitrogens is 2. The van der Waals surface area contributed by atoms with Crippen molar-refractivity contribution in [3.8, 4) is 0 Å². The fourth-order valence-electron chi connectivity index (χ4n) is 1.54. The van der Waals surface area contributed by atoms with E-state index in [1.807, 2.05) is 0 Å². The van der Waals surface area contributed by atoms with Crippen LogP contribution < -0.4 is 10.6 Å². The lowest BCUT2D eigenvalue weighted by Gasteiger charge is -2.27. The van der Waals surface area contributed by atoms with Crippen LogP contribution in [0.3, 0.4) is 0 Å². The molecule has 0 amide bonds. The van der Waals surface area contributed by atoms with Crippen LogP contribution in [-0.4, -0.2) is 52.6 Å². The normalized spacial score (nSPS) is 11.4. The molecule has 1 aromatic heterocycles. The minimum Gasteiger partial charge on any atom is -0.394 e. The fourth-order valence-corrected chi connectivity index (χ4v) is 1.54. The Labute approximate surface area is 119 Å². The fraction of sp³-hybridized carbons (Fsp3) is 0.692. The van der Waals surface area contributed by atoms with Crippen molar-refractivity contribution < 1.29 is 14.9 Å². The lowest BCUT2D eigenvalue weighted by molar-refractivity contribution is 0.147. The average molecular weight is 284 g/mol. The van der Waals surface area contributed by atoms with Crippen molar-refractivity contribution in [3.05, 3.63) is 11.9 Å². The van der Waals surface area contributed by atoms with Crippen molar-refractivity contribution in [1.82, 2.24) is 9.97 Å². The van der Waals surface area contributed by atoms with Crippen LogP contribution in [0.4, 0.5) is 11.6 Å². The van der Waals surface area contributed by atoms with Gasteiger partial charge in [-0.15, -0.1) is 0 Å². The van der Waals surface area contributed by atoms with Crippen molar-refractivity contribution >= 4 is 11.6 Å². The topological polar surface area (TPSA) is 99.5 Å². The molecule has 1 rings (SSSR count). The molecule has 4 N–H and O–H groups in total. The number of aliphatic hydroxyl groups is 2. The number of hydrogen-bond acceptors (Lipinski definition) is 7. The van der Waals surface area contributed by atoms with Gasteiger partial charge in [-0.05, 0) is 13.3 Å². The lowest BCUT2D eigenvalue weighted by atomic mass is 10.1. The second kappa shape index (κ2) is 7.98. The Morgan fingerprint density at radius 1 is 1.25 bits per heavy atom. The summed E-state index contributed by atoms with van der Waals surface area (Å²) >= 11 is 0. The van der Waals surface area contributed by atoms with Crippen molar-refractivity contribution in [2.45, 2.75) is 32.4 Å². The summed E-state index contributed by atoms with van der Waals surface area (Å²) in [6.45, 7) is 4.48. The molecule has 1 aromatic rings. The van der Waals surface area contributed by atoms with Crippen molar-refractivity contribution in [1.29, 1.82) is 0 Å². The Kier molecular flexibility index (Phi) is 6.63. The number of methoxy groups -OCH3 is 1. The molecule has 0 atom stereocenters. The van der Waals surface area contributed by atoms with Crippen LogP contribution in [0.15, 0.2) is 6.07 Å². The second-order valence-electron chi connectivity index (χ2n) is 4.92. The Bertz CT molecular complexity index is 411. The van der Waals surface area contributed by atoms with E-state index in [1.54, 1.807) is 20.1 Å². The minimum absolute atomic E-state index is 0.204. The van der Waals surface area contributed by atoms with Gasteiger partial charge in [0.1, 0.15) is 18.2 Å². The largest absolute Gasteiger partial charge is 0.394 e. The van der Waals surface area contributed by atoms with Gasteiger partial charge in [0.25, 0.3) is 0 Å². The average Bonchev–Trinajstić information content (AvgIpc) is 2.45. The van der Waals surface area contributed by atoms with E-state index in [2.05, 4.69) is 27.5 Å². The monoisotopic (exact) mass is 284 g/mol. The van der Waals surface area contributed by atoms with E-state index in [9.17, 15) is 10.2 Å². The number of hydrogen-bond donors (Lipinski definition) is 4. The zero-order valence-corrected chi connectivity index (χ0v) is 12.3. The third-order valence-corrected chi connectivity index (χ3v) is 2.73. The van der Waals surface area contributed by atoms with Crippen LogP contribution >= 0.6 is 0 Å². The number of aliphatic hydroxyl groups excluding tert-OH is 2. The van der Waals surface area contributed by atoms with Gasteiger partial charge in [-0.3, -0.25) is 0 Å². The highest BCUT2D eigenvalue weighted by Gasteiger charge is 2.23. The molecule has 0 spiro atoms. The van der Waals surface area contributed by atoms with Gasteiger partial charge in [-0.25, -0.2) is 9.97 Å². The SMILES string of the molecule is CCCNc1cc(NC(C)(CO)CO)nc(COC)n1. The summed E-state index contributed by atoms with van der Waals surface area (Å²) in [6.07, 6.45) is 0.984. The first-order valence-electron chi connectivity index (χ1n) is 6.67. The molecule has 0 radical (unpaired) electrons. The standard InChI is InChI=1S/C13H24N4O3/c1-4-5-14-10-6-11(16-12(15-10)7-20-3)17-13(2,8-18)9-19/h6,18-19H,4-5,7-9H2,1-3H3,(H2,14,15,16,17). The summed E-state index contributed by atoms with van der Waals surface area (Å²) in [5.41, 5.74) is -0.833. The summed E-state index contributed by atoms with van der Waals surface area (Å²) in [5, 5.41) is 24.9. The molecule has 20 heavy (non-hydrogen) atoms. The van der Waals surface area contributed by atoms with E-state index in [0.29, 0.717) is 24.1 Å². The van der Waals surface area contributed by atoms with E-state index in [-0.39, 0.29) is 13.2 Å². The maximum absolute atomic E-state index is 9.32. The minimum atomic E-state index is -0.833. The Morgan fingerprint density at radius 3 is 2.45 bits per heavy atom.